The molecule has 0 fully saturated rings. The first-order valence-corrected chi connectivity index (χ1v) is 8.18. The third-order valence-corrected chi connectivity index (χ3v) is 3.84. The SMILES string of the molecule is CSCc1ccc(C(=O)N[C@@H](CO)c2ccccc2)cc1. The molecule has 0 radical (unpaired) electrons. The molecule has 0 unspecified atom stereocenters. The van der Waals surface area contributed by atoms with Gasteiger partial charge in [-0.3, -0.25) is 4.79 Å². The van der Waals surface area contributed by atoms with Crippen LogP contribution in [0.1, 0.15) is 27.5 Å². The van der Waals surface area contributed by atoms with Crippen molar-refractivity contribution in [2.75, 3.05) is 12.9 Å². The zero-order valence-corrected chi connectivity index (χ0v) is 12.8. The Kier molecular flexibility index (Phi) is 5.84. The van der Waals surface area contributed by atoms with Gasteiger partial charge >= 0.3 is 0 Å². The first-order valence-electron chi connectivity index (χ1n) is 6.79. The van der Waals surface area contributed by atoms with Crippen molar-refractivity contribution in [1.82, 2.24) is 5.32 Å². The van der Waals surface area contributed by atoms with Crippen LogP contribution < -0.4 is 5.32 Å². The van der Waals surface area contributed by atoms with Crippen LogP contribution in [0.15, 0.2) is 54.6 Å². The number of thioether (sulfide) groups is 1. The Labute approximate surface area is 129 Å². The van der Waals surface area contributed by atoms with Gasteiger partial charge in [-0.1, -0.05) is 42.5 Å². The van der Waals surface area contributed by atoms with Gasteiger partial charge in [0.15, 0.2) is 0 Å². The van der Waals surface area contributed by atoms with Crippen molar-refractivity contribution in [3.8, 4) is 0 Å². The number of carbonyl (C=O) groups excluding carboxylic acids is 1. The molecule has 0 bridgehead atoms. The fourth-order valence-corrected chi connectivity index (χ4v) is 2.61. The van der Waals surface area contributed by atoms with Crippen LogP contribution in [0.2, 0.25) is 0 Å². The van der Waals surface area contributed by atoms with E-state index in [-0.39, 0.29) is 18.6 Å². The summed E-state index contributed by atoms with van der Waals surface area (Å²) in [6.07, 6.45) is 2.05. The van der Waals surface area contributed by atoms with Crippen LogP contribution in [0.25, 0.3) is 0 Å². The fourth-order valence-electron chi connectivity index (χ4n) is 2.08. The molecule has 0 heterocycles. The molecule has 0 spiro atoms. The Morgan fingerprint density at radius 1 is 1.14 bits per heavy atom. The number of hydrogen-bond acceptors (Lipinski definition) is 3. The molecule has 3 nitrogen and oxygen atoms in total. The van der Waals surface area contributed by atoms with Crippen LogP contribution in [0, 0.1) is 0 Å². The molecular weight excluding hydrogens is 282 g/mol. The van der Waals surface area contributed by atoms with E-state index in [4.69, 9.17) is 0 Å². The quantitative estimate of drug-likeness (QED) is 0.862. The Balaban J connectivity index is 2.05. The second-order valence-electron chi connectivity index (χ2n) is 4.75. The van der Waals surface area contributed by atoms with Crippen molar-refractivity contribution >= 4 is 17.7 Å². The highest BCUT2D eigenvalue weighted by atomic mass is 32.2. The highest BCUT2D eigenvalue weighted by Gasteiger charge is 2.14. The van der Waals surface area contributed by atoms with E-state index < -0.39 is 0 Å². The van der Waals surface area contributed by atoms with Gasteiger partial charge in [0.2, 0.25) is 0 Å². The molecule has 0 saturated carbocycles. The lowest BCUT2D eigenvalue weighted by Crippen LogP contribution is -2.30. The van der Waals surface area contributed by atoms with Crippen molar-refractivity contribution < 1.29 is 9.90 Å². The Morgan fingerprint density at radius 3 is 2.38 bits per heavy atom. The maximum atomic E-state index is 12.2. The molecule has 2 N–H and O–H groups in total. The van der Waals surface area contributed by atoms with Crippen molar-refractivity contribution in [3.63, 3.8) is 0 Å². The van der Waals surface area contributed by atoms with Crippen molar-refractivity contribution in [3.05, 3.63) is 71.3 Å². The average Bonchev–Trinajstić information content (AvgIpc) is 2.54. The number of amides is 1. The number of rotatable bonds is 6. The second-order valence-corrected chi connectivity index (χ2v) is 5.62. The molecule has 1 amide bonds. The smallest absolute Gasteiger partial charge is 0.251 e. The maximum absolute atomic E-state index is 12.2. The van der Waals surface area contributed by atoms with E-state index in [9.17, 15) is 9.90 Å². The summed E-state index contributed by atoms with van der Waals surface area (Å²) < 4.78 is 0. The van der Waals surface area contributed by atoms with Gasteiger partial charge < -0.3 is 10.4 Å². The number of nitrogens with one attached hydrogen (secondary N) is 1. The zero-order valence-electron chi connectivity index (χ0n) is 12.0. The van der Waals surface area contributed by atoms with Crippen LogP contribution in [0.4, 0.5) is 0 Å². The molecule has 110 valence electrons. The summed E-state index contributed by atoms with van der Waals surface area (Å²) in [4.78, 5) is 12.2. The van der Waals surface area contributed by atoms with Gasteiger partial charge in [0.05, 0.1) is 12.6 Å². The highest BCUT2D eigenvalue weighted by molar-refractivity contribution is 7.97. The Morgan fingerprint density at radius 2 is 1.81 bits per heavy atom. The van der Waals surface area contributed by atoms with Gasteiger partial charge in [-0.15, -0.1) is 0 Å². The maximum Gasteiger partial charge on any atom is 0.251 e. The molecule has 2 aromatic carbocycles. The summed E-state index contributed by atoms with van der Waals surface area (Å²) >= 11 is 1.75. The van der Waals surface area contributed by atoms with Crippen LogP contribution in [-0.4, -0.2) is 23.9 Å². The van der Waals surface area contributed by atoms with Gasteiger partial charge in [0.25, 0.3) is 5.91 Å². The molecular formula is C17H19NO2S. The minimum absolute atomic E-state index is 0.125. The molecule has 21 heavy (non-hydrogen) atoms. The van der Waals surface area contributed by atoms with Gasteiger partial charge in [0.1, 0.15) is 0 Å². The lowest BCUT2D eigenvalue weighted by Gasteiger charge is -2.16. The molecule has 2 aromatic rings. The van der Waals surface area contributed by atoms with Crippen LogP contribution in [-0.2, 0) is 5.75 Å². The number of aliphatic hydroxyl groups excluding tert-OH is 1. The van der Waals surface area contributed by atoms with E-state index in [0.717, 1.165) is 11.3 Å². The summed E-state index contributed by atoms with van der Waals surface area (Å²) in [6, 6.07) is 16.6. The van der Waals surface area contributed by atoms with Crippen LogP contribution in [0.5, 0.6) is 0 Å². The molecule has 0 saturated heterocycles. The fraction of sp³-hybridized carbons (Fsp3) is 0.235. The van der Waals surface area contributed by atoms with Gasteiger partial charge in [-0.25, -0.2) is 0 Å². The molecule has 1 atom stereocenters. The summed E-state index contributed by atoms with van der Waals surface area (Å²) in [5.74, 6) is 0.763. The minimum Gasteiger partial charge on any atom is -0.394 e. The highest BCUT2D eigenvalue weighted by Crippen LogP contribution is 2.14. The minimum atomic E-state index is -0.385. The largest absolute Gasteiger partial charge is 0.394 e. The van der Waals surface area contributed by atoms with Crippen molar-refractivity contribution in [2.24, 2.45) is 0 Å². The topological polar surface area (TPSA) is 49.3 Å². The van der Waals surface area contributed by atoms with E-state index in [1.54, 1.807) is 11.8 Å². The molecule has 0 aromatic heterocycles. The van der Waals surface area contributed by atoms with E-state index in [1.165, 1.54) is 5.56 Å². The summed E-state index contributed by atoms with van der Waals surface area (Å²) in [5, 5.41) is 12.3. The normalized spacial score (nSPS) is 11.9. The van der Waals surface area contributed by atoms with Crippen molar-refractivity contribution in [2.45, 2.75) is 11.8 Å². The number of aliphatic hydroxyl groups is 1. The van der Waals surface area contributed by atoms with Gasteiger partial charge in [0, 0.05) is 11.3 Å². The average molecular weight is 301 g/mol. The summed E-state index contributed by atoms with van der Waals surface area (Å²) in [5.41, 5.74) is 2.70. The molecule has 0 aliphatic rings. The predicted molar refractivity (Wildman–Crippen MR) is 87.4 cm³/mol. The van der Waals surface area contributed by atoms with Crippen LogP contribution >= 0.6 is 11.8 Å². The summed E-state index contributed by atoms with van der Waals surface area (Å²) in [6.45, 7) is -0.125. The lowest BCUT2D eigenvalue weighted by molar-refractivity contribution is 0.0916. The number of hydrogen-bond donors (Lipinski definition) is 2. The lowest BCUT2D eigenvalue weighted by atomic mass is 10.1. The standard InChI is InChI=1S/C17H19NO2S/c1-21-12-13-7-9-15(10-8-13)17(20)18-16(11-19)14-5-3-2-4-6-14/h2-10,16,19H,11-12H2,1H3,(H,18,20)/t16-/m0/s1. The third kappa shape index (κ3) is 4.34. The molecule has 0 aliphatic heterocycles. The Hall–Kier alpha value is -1.78. The first kappa shape index (κ1) is 15.6. The second kappa shape index (κ2) is 7.86. The Bertz CT molecular complexity index is 569. The number of benzene rings is 2. The first-order chi connectivity index (χ1) is 10.2. The van der Waals surface area contributed by atoms with Gasteiger partial charge in [-0.05, 0) is 29.5 Å². The summed E-state index contributed by atoms with van der Waals surface area (Å²) in [7, 11) is 0. The van der Waals surface area contributed by atoms with Crippen LogP contribution in [0.3, 0.4) is 0 Å². The van der Waals surface area contributed by atoms with E-state index in [0.29, 0.717) is 5.56 Å². The van der Waals surface area contributed by atoms with E-state index in [2.05, 4.69) is 5.32 Å². The van der Waals surface area contributed by atoms with Crippen molar-refractivity contribution in [1.29, 1.82) is 0 Å². The van der Waals surface area contributed by atoms with Gasteiger partial charge in [-0.2, -0.15) is 11.8 Å². The third-order valence-electron chi connectivity index (χ3n) is 3.22. The molecule has 2 rings (SSSR count). The predicted octanol–water partition coefficient (Wildman–Crippen LogP) is 3.01. The zero-order chi connectivity index (χ0) is 15.1. The molecule has 4 heteroatoms. The van der Waals surface area contributed by atoms with E-state index >= 15 is 0 Å². The van der Waals surface area contributed by atoms with E-state index in [1.807, 2.05) is 60.9 Å². The monoisotopic (exact) mass is 301 g/mol. The number of carbonyl (C=O) groups is 1. The molecule has 0 aliphatic carbocycles.